The number of nitrogens with zero attached hydrogens (tertiary/aromatic N) is 2. The summed E-state index contributed by atoms with van der Waals surface area (Å²) < 4.78 is 4.57. The molecule has 10 rings (SSSR count). The van der Waals surface area contributed by atoms with Crippen molar-refractivity contribution in [2.45, 2.75) is 0 Å². The Labute approximate surface area is 307 Å². The molecule has 4 heteroatoms. The Bertz CT molecular complexity index is 3030. The summed E-state index contributed by atoms with van der Waals surface area (Å²) in [6.45, 7) is 0. The standard InChI is InChI=1S/C49H34N4/c50-43(34-15-3-1-4-16-34)32-44(35-17-5-2-6-18-35)51-53-48-24-12-10-22-40(48)42-31-37(27-29-49(42)53)36-26-28-47-41(30-36)39-21-9-11-23-46(39)52(47)45-25-13-19-33-14-7-8-20-38(33)45/h1-32,50-51H/b44-32-,50-43?. The van der Waals surface area contributed by atoms with Crippen LogP contribution in [0.1, 0.15) is 11.1 Å². The third-order valence-corrected chi connectivity index (χ3v) is 10.4. The minimum absolute atomic E-state index is 0.442. The van der Waals surface area contributed by atoms with Crippen molar-refractivity contribution in [2.24, 2.45) is 0 Å². The first-order valence-electron chi connectivity index (χ1n) is 17.9. The van der Waals surface area contributed by atoms with Crippen LogP contribution >= 0.6 is 0 Å². The van der Waals surface area contributed by atoms with E-state index in [0.29, 0.717) is 5.71 Å². The van der Waals surface area contributed by atoms with Crippen molar-refractivity contribution in [2.75, 3.05) is 5.43 Å². The molecule has 0 radical (unpaired) electrons. The van der Waals surface area contributed by atoms with E-state index in [1.807, 2.05) is 54.6 Å². The Hall–Kier alpha value is -7.17. The lowest BCUT2D eigenvalue weighted by molar-refractivity contribution is 1.06. The fourth-order valence-electron chi connectivity index (χ4n) is 7.85. The summed E-state index contributed by atoms with van der Waals surface area (Å²) in [7, 11) is 0. The molecule has 0 fully saturated rings. The van der Waals surface area contributed by atoms with E-state index >= 15 is 0 Å². The van der Waals surface area contributed by atoms with Crippen molar-refractivity contribution < 1.29 is 0 Å². The van der Waals surface area contributed by atoms with E-state index in [1.165, 1.54) is 43.8 Å². The fraction of sp³-hybridized carbons (Fsp3) is 0. The van der Waals surface area contributed by atoms with Crippen LogP contribution in [-0.2, 0) is 0 Å². The van der Waals surface area contributed by atoms with Crippen molar-refractivity contribution in [3.05, 3.63) is 205 Å². The number of benzene rings is 8. The monoisotopic (exact) mass is 678 g/mol. The molecule has 0 saturated heterocycles. The van der Waals surface area contributed by atoms with Gasteiger partial charge in [-0.1, -0.05) is 146 Å². The molecule has 2 aromatic heterocycles. The number of fused-ring (bicyclic) bond motifs is 7. The maximum atomic E-state index is 8.95. The predicted molar refractivity (Wildman–Crippen MR) is 224 cm³/mol. The second kappa shape index (κ2) is 12.6. The molecule has 53 heavy (non-hydrogen) atoms. The van der Waals surface area contributed by atoms with Crippen molar-refractivity contribution in [3.8, 4) is 16.8 Å². The molecule has 4 nitrogen and oxygen atoms in total. The SMILES string of the molecule is N=C(/C=C(\Nn1c2ccccc2c2cc(-c3ccc4c(c3)c3ccccc3n4-c3cccc4ccccc34)ccc21)c1ccccc1)c1ccccc1. The van der Waals surface area contributed by atoms with Crippen LogP contribution in [-0.4, -0.2) is 15.0 Å². The van der Waals surface area contributed by atoms with E-state index in [-0.39, 0.29) is 0 Å². The van der Waals surface area contributed by atoms with Gasteiger partial charge in [-0.05, 0) is 76.2 Å². The van der Waals surface area contributed by atoms with Crippen LogP contribution in [0.5, 0.6) is 0 Å². The summed E-state index contributed by atoms with van der Waals surface area (Å²) in [5.41, 5.74) is 14.9. The maximum absolute atomic E-state index is 8.95. The number of hydrogen-bond donors (Lipinski definition) is 2. The molecule has 0 spiro atoms. The lowest BCUT2D eigenvalue weighted by Crippen LogP contribution is -2.14. The van der Waals surface area contributed by atoms with E-state index in [2.05, 4.69) is 154 Å². The second-order valence-electron chi connectivity index (χ2n) is 13.5. The van der Waals surface area contributed by atoms with E-state index < -0.39 is 0 Å². The van der Waals surface area contributed by atoms with Crippen LogP contribution in [0, 0.1) is 5.41 Å². The molecule has 0 unspecified atom stereocenters. The van der Waals surface area contributed by atoms with Crippen LogP contribution in [0.4, 0.5) is 0 Å². The van der Waals surface area contributed by atoms with Gasteiger partial charge in [0.2, 0.25) is 0 Å². The molecule has 0 saturated carbocycles. The van der Waals surface area contributed by atoms with Gasteiger partial charge in [0.25, 0.3) is 0 Å². The van der Waals surface area contributed by atoms with Gasteiger partial charge in [-0.15, -0.1) is 0 Å². The van der Waals surface area contributed by atoms with Gasteiger partial charge in [0, 0.05) is 26.9 Å². The Morgan fingerprint density at radius 2 is 0.943 bits per heavy atom. The van der Waals surface area contributed by atoms with Gasteiger partial charge in [0.15, 0.2) is 0 Å². The molecular weight excluding hydrogens is 645 g/mol. The Kier molecular flexibility index (Phi) is 7.26. The first-order valence-corrected chi connectivity index (χ1v) is 17.9. The maximum Gasteiger partial charge on any atom is 0.0710 e. The summed E-state index contributed by atoms with van der Waals surface area (Å²) >= 11 is 0. The number of nitrogens with one attached hydrogen (secondary N) is 2. The number of allylic oxidation sites excluding steroid dienone is 1. The van der Waals surface area contributed by atoms with Crippen LogP contribution in [0.15, 0.2) is 194 Å². The highest BCUT2D eigenvalue weighted by Crippen LogP contribution is 2.38. The van der Waals surface area contributed by atoms with Gasteiger partial charge < -0.3 is 9.98 Å². The third kappa shape index (κ3) is 5.19. The zero-order chi connectivity index (χ0) is 35.3. The molecule has 0 atom stereocenters. The van der Waals surface area contributed by atoms with Gasteiger partial charge in [0.1, 0.15) is 0 Å². The van der Waals surface area contributed by atoms with Crippen LogP contribution in [0.3, 0.4) is 0 Å². The molecule has 2 N–H and O–H groups in total. The van der Waals surface area contributed by atoms with Gasteiger partial charge in [-0.3, -0.25) is 10.1 Å². The summed E-state index contributed by atoms with van der Waals surface area (Å²) in [5.74, 6) is 0. The molecule has 250 valence electrons. The van der Waals surface area contributed by atoms with Gasteiger partial charge in [-0.25, -0.2) is 0 Å². The zero-order valence-corrected chi connectivity index (χ0v) is 28.9. The molecule has 8 aromatic carbocycles. The highest BCUT2D eigenvalue weighted by molar-refractivity contribution is 6.14. The van der Waals surface area contributed by atoms with Crippen molar-refractivity contribution in [1.82, 2.24) is 9.24 Å². The van der Waals surface area contributed by atoms with Crippen molar-refractivity contribution in [3.63, 3.8) is 0 Å². The molecule has 2 heterocycles. The summed E-state index contributed by atoms with van der Waals surface area (Å²) in [5, 5.41) is 16.2. The number of rotatable bonds is 7. The topological polar surface area (TPSA) is 45.7 Å². The van der Waals surface area contributed by atoms with Crippen molar-refractivity contribution in [1.29, 1.82) is 5.41 Å². The van der Waals surface area contributed by atoms with E-state index in [1.54, 1.807) is 0 Å². The Morgan fingerprint density at radius 3 is 1.68 bits per heavy atom. The van der Waals surface area contributed by atoms with Crippen LogP contribution < -0.4 is 5.43 Å². The summed E-state index contributed by atoms with van der Waals surface area (Å²) in [4.78, 5) is 0. The number of aromatic nitrogens is 2. The molecule has 10 aromatic rings. The Morgan fingerprint density at radius 1 is 0.434 bits per heavy atom. The second-order valence-corrected chi connectivity index (χ2v) is 13.5. The van der Waals surface area contributed by atoms with Gasteiger partial charge in [-0.2, -0.15) is 0 Å². The van der Waals surface area contributed by atoms with E-state index in [0.717, 1.165) is 44.2 Å². The van der Waals surface area contributed by atoms with Gasteiger partial charge >= 0.3 is 0 Å². The minimum atomic E-state index is 0.442. The smallest absolute Gasteiger partial charge is 0.0710 e. The first kappa shape index (κ1) is 30.6. The lowest BCUT2D eigenvalue weighted by Gasteiger charge is -2.16. The average molecular weight is 679 g/mol. The molecule has 0 amide bonds. The Balaban J connectivity index is 1.11. The summed E-state index contributed by atoms with van der Waals surface area (Å²) in [6.07, 6.45) is 1.92. The molecule has 0 bridgehead atoms. The quantitative estimate of drug-likeness (QED) is 0.162. The lowest BCUT2D eigenvalue weighted by atomic mass is 10.0. The predicted octanol–water partition coefficient (Wildman–Crippen LogP) is 12.4. The van der Waals surface area contributed by atoms with E-state index in [9.17, 15) is 0 Å². The van der Waals surface area contributed by atoms with Crippen molar-refractivity contribution >= 4 is 65.8 Å². The fourth-order valence-corrected chi connectivity index (χ4v) is 7.85. The summed E-state index contributed by atoms with van der Waals surface area (Å²) in [6, 6.07) is 66.2. The van der Waals surface area contributed by atoms with Crippen LogP contribution in [0.2, 0.25) is 0 Å². The normalized spacial score (nSPS) is 12.0. The minimum Gasteiger partial charge on any atom is -0.309 e. The van der Waals surface area contributed by atoms with Crippen LogP contribution in [0.25, 0.3) is 76.9 Å². The van der Waals surface area contributed by atoms with Gasteiger partial charge in [0.05, 0.1) is 39.2 Å². The first-order chi connectivity index (χ1) is 26.2. The zero-order valence-electron chi connectivity index (χ0n) is 28.9. The average Bonchev–Trinajstić information content (AvgIpc) is 3.72. The van der Waals surface area contributed by atoms with E-state index in [4.69, 9.17) is 5.41 Å². The highest BCUT2D eigenvalue weighted by atomic mass is 15.4. The molecule has 0 aliphatic rings. The molecular formula is C49H34N4. The largest absolute Gasteiger partial charge is 0.309 e. The highest BCUT2D eigenvalue weighted by Gasteiger charge is 2.17. The number of para-hydroxylation sites is 2. The molecule has 0 aliphatic carbocycles. The third-order valence-electron chi connectivity index (χ3n) is 10.4. The molecule has 0 aliphatic heterocycles. The number of hydrogen-bond acceptors (Lipinski definition) is 2.